The van der Waals surface area contributed by atoms with Gasteiger partial charge in [0.2, 0.25) is 0 Å². The van der Waals surface area contributed by atoms with Crippen LogP contribution >= 0.6 is 11.3 Å². The van der Waals surface area contributed by atoms with Crippen molar-refractivity contribution in [3.05, 3.63) is 53.5 Å². The Labute approximate surface area is 120 Å². The largest absolute Gasteiger partial charge is 0.496 e. The molecule has 20 heavy (non-hydrogen) atoms. The number of rotatable bonds is 3. The Balaban J connectivity index is 1.97. The molecule has 4 nitrogen and oxygen atoms in total. The summed E-state index contributed by atoms with van der Waals surface area (Å²) in [6.07, 6.45) is 1.69. The van der Waals surface area contributed by atoms with Crippen LogP contribution in [0.3, 0.4) is 0 Å². The van der Waals surface area contributed by atoms with Gasteiger partial charge in [0.15, 0.2) is 0 Å². The van der Waals surface area contributed by atoms with Gasteiger partial charge in [-0.15, -0.1) is 11.3 Å². The lowest BCUT2D eigenvalue weighted by Gasteiger charge is -2.06. The first-order valence-corrected chi connectivity index (χ1v) is 6.94. The van der Waals surface area contributed by atoms with E-state index in [1.165, 1.54) is 11.3 Å². The monoisotopic (exact) mass is 284 g/mol. The van der Waals surface area contributed by atoms with Gasteiger partial charge in [0.05, 0.1) is 18.2 Å². The van der Waals surface area contributed by atoms with Crippen molar-refractivity contribution in [1.82, 2.24) is 4.98 Å². The van der Waals surface area contributed by atoms with Crippen LogP contribution in [0.25, 0.3) is 10.2 Å². The number of aromatic nitrogens is 1. The Morgan fingerprint density at radius 1 is 1.25 bits per heavy atom. The van der Waals surface area contributed by atoms with Gasteiger partial charge in [0.1, 0.15) is 10.6 Å². The van der Waals surface area contributed by atoms with E-state index in [9.17, 15) is 4.79 Å². The van der Waals surface area contributed by atoms with Gasteiger partial charge in [0, 0.05) is 17.1 Å². The van der Waals surface area contributed by atoms with E-state index < -0.39 is 0 Å². The Kier molecular flexibility index (Phi) is 3.35. The second-order valence-electron chi connectivity index (χ2n) is 4.16. The molecule has 0 aliphatic heterocycles. The first-order valence-electron chi connectivity index (χ1n) is 6.06. The van der Waals surface area contributed by atoms with Crippen molar-refractivity contribution in [2.45, 2.75) is 0 Å². The number of carbonyl (C=O) groups is 1. The number of hydrogen-bond donors (Lipinski definition) is 1. The van der Waals surface area contributed by atoms with Crippen LogP contribution in [-0.2, 0) is 0 Å². The standard InChI is InChI=1S/C15H12N2O2S/c1-19-12-7-8-16-15-13(12)11(9-20-15)17-14(18)10-5-3-2-4-6-10/h2-9H,1H3,(H,17,18). The molecule has 1 aromatic carbocycles. The summed E-state index contributed by atoms with van der Waals surface area (Å²) in [6.45, 7) is 0. The van der Waals surface area contributed by atoms with E-state index in [1.807, 2.05) is 23.6 Å². The lowest BCUT2D eigenvalue weighted by atomic mass is 10.2. The molecule has 0 saturated carbocycles. The highest BCUT2D eigenvalue weighted by Gasteiger charge is 2.13. The van der Waals surface area contributed by atoms with Gasteiger partial charge in [-0.05, 0) is 18.2 Å². The minimum Gasteiger partial charge on any atom is -0.496 e. The van der Waals surface area contributed by atoms with E-state index in [4.69, 9.17) is 4.74 Å². The fraction of sp³-hybridized carbons (Fsp3) is 0.0667. The number of nitrogens with zero attached hydrogens (tertiary/aromatic N) is 1. The molecule has 0 spiro atoms. The maximum Gasteiger partial charge on any atom is 0.255 e. The van der Waals surface area contributed by atoms with E-state index in [1.54, 1.807) is 31.5 Å². The number of hydrogen-bond acceptors (Lipinski definition) is 4. The van der Waals surface area contributed by atoms with Crippen molar-refractivity contribution in [3.63, 3.8) is 0 Å². The lowest BCUT2D eigenvalue weighted by molar-refractivity contribution is 0.102. The molecule has 0 fully saturated rings. The molecule has 1 N–H and O–H groups in total. The van der Waals surface area contributed by atoms with Crippen molar-refractivity contribution in [3.8, 4) is 5.75 Å². The highest BCUT2D eigenvalue weighted by Crippen LogP contribution is 2.35. The van der Waals surface area contributed by atoms with Gasteiger partial charge in [-0.1, -0.05) is 18.2 Å². The molecular weight excluding hydrogens is 272 g/mol. The van der Waals surface area contributed by atoms with E-state index in [2.05, 4.69) is 10.3 Å². The summed E-state index contributed by atoms with van der Waals surface area (Å²) >= 11 is 1.47. The summed E-state index contributed by atoms with van der Waals surface area (Å²) in [5.41, 5.74) is 1.35. The van der Waals surface area contributed by atoms with Crippen LogP contribution in [0.5, 0.6) is 5.75 Å². The summed E-state index contributed by atoms with van der Waals surface area (Å²) in [7, 11) is 1.61. The number of anilines is 1. The number of pyridine rings is 1. The highest BCUT2D eigenvalue weighted by molar-refractivity contribution is 7.17. The Morgan fingerprint density at radius 2 is 2.05 bits per heavy atom. The fourth-order valence-corrected chi connectivity index (χ4v) is 2.84. The molecule has 3 aromatic rings. The van der Waals surface area contributed by atoms with E-state index >= 15 is 0 Å². The first kappa shape index (κ1) is 12.6. The summed E-state index contributed by atoms with van der Waals surface area (Å²) in [5, 5.41) is 5.62. The predicted molar refractivity (Wildman–Crippen MR) is 80.6 cm³/mol. The van der Waals surface area contributed by atoms with Gasteiger partial charge < -0.3 is 10.1 Å². The molecule has 0 aliphatic rings. The van der Waals surface area contributed by atoms with Gasteiger partial charge in [0.25, 0.3) is 5.91 Å². The number of thiophene rings is 1. The van der Waals surface area contributed by atoms with Crippen molar-refractivity contribution in [2.24, 2.45) is 0 Å². The summed E-state index contributed by atoms with van der Waals surface area (Å²) < 4.78 is 5.33. The number of methoxy groups -OCH3 is 1. The minimum absolute atomic E-state index is 0.142. The summed E-state index contributed by atoms with van der Waals surface area (Å²) in [5.74, 6) is 0.566. The van der Waals surface area contributed by atoms with Crippen molar-refractivity contribution >= 4 is 33.1 Å². The van der Waals surface area contributed by atoms with Crippen LogP contribution in [0.1, 0.15) is 10.4 Å². The van der Waals surface area contributed by atoms with E-state index in [0.717, 1.165) is 15.9 Å². The SMILES string of the molecule is COc1ccnc2scc(NC(=O)c3ccccc3)c12. The third-order valence-electron chi connectivity index (χ3n) is 2.94. The van der Waals surface area contributed by atoms with Crippen molar-refractivity contribution in [1.29, 1.82) is 0 Å². The van der Waals surface area contributed by atoms with Crippen molar-refractivity contribution < 1.29 is 9.53 Å². The highest BCUT2D eigenvalue weighted by atomic mass is 32.1. The zero-order valence-electron chi connectivity index (χ0n) is 10.8. The van der Waals surface area contributed by atoms with E-state index in [-0.39, 0.29) is 5.91 Å². The molecule has 100 valence electrons. The predicted octanol–water partition coefficient (Wildman–Crippen LogP) is 3.56. The van der Waals surface area contributed by atoms with Crippen molar-refractivity contribution in [2.75, 3.05) is 12.4 Å². The zero-order valence-corrected chi connectivity index (χ0v) is 11.6. The van der Waals surface area contributed by atoms with Crippen LogP contribution < -0.4 is 10.1 Å². The zero-order chi connectivity index (χ0) is 13.9. The number of benzene rings is 1. The maximum absolute atomic E-state index is 12.2. The minimum atomic E-state index is -0.142. The topological polar surface area (TPSA) is 51.2 Å². The average Bonchev–Trinajstić information content (AvgIpc) is 2.91. The molecule has 0 atom stereocenters. The van der Waals surface area contributed by atoms with Crippen LogP contribution in [0.4, 0.5) is 5.69 Å². The third kappa shape index (κ3) is 2.23. The van der Waals surface area contributed by atoms with E-state index in [0.29, 0.717) is 11.3 Å². The Hall–Kier alpha value is -2.40. The summed E-state index contributed by atoms with van der Waals surface area (Å²) in [6, 6.07) is 10.9. The molecule has 2 aromatic heterocycles. The number of amides is 1. The van der Waals surface area contributed by atoms with Gasteiger partial charge in [-0.3, -0.25) is 4.79 Å². The molecule has 0 bridgehead atoms. The lowest BCUT2D eigenvalue weighted by Crippen LogP contribution is -2.11. The molecule has 0 saturated heterocycles. The molecule has 2 heterocycles. The smallest absolute Gasteiger partial charge is 0.255 e. The number of carbonyl (C=O) groups excluding carboxylic acids is 1. The molecule has 1 amide bonds. The molecule has 0 radical (unpaired) electrons. The first-order chi connectivity index (χ1) is 9.79. The third-order valence-corrected chi connectivity index (χ3v) is 3.83. The molecule has 0 unspecified atom stereocenters. The number of fused-ring (bicyclic) bond motifs is 1. The fourth-order valence-electron chi connectivity index (χ4n) is 1.98. The molecule has 3 rings (SSSR count). The molecule has 0 aliphatic carbocycles. The Morgan fingerprint density at radius 3 is 2.80 bits per heavy atom. The second kappa shape index (κ2) is 5.30. The quantitative estimate of drug-likeness (QED) is 0.800. The Bertz CT molecular complexity index is 753. The van der Waals surface area contributed by atoms with Crippen LogP contribution in [0.15, 0.2) is 48.0 Å². The molecular formula is C15H12N2O2S. The maximum atomic E-state index is 12.2. The van der Waals surface area contributed by atoms with Gasteiger partial charge in [-0.2, -0.15) is 0 Å². The van der Waals surface area contributed by atoms with Gasteiger partial charge in [-0.25, -0.2) is 4.98 Å². The normalized spacial score (nSPS) is 10.4. The molecule has 5 heteroatoms. The number of nitrogens with one attached hydrogen (secondary N) is 1. The second-order valence-corrected chi connectivity index (χ2v) is 5.02. The van der Waals surface area contributed by atoms with Crippen LogP contribution in [0, 0.1) is 0 Å². The van der Waals surface area contributed by atoms with Crippen LogP contribution in [-0.4, -0.2) is 18.0 Å². The average molecular weight is 284 g/mol. The van der Waals surface area contributed by atoms with Gasteiger partial charge >= 0.3 is 0 Å². The number of ether oxygens (including phenoxy) is 1. The van der Waals surface area contributed by atoms with Crippen LogP contribution in [0.2, 0.25) is 0 Å². The summed E-state index contributed by atoms with van der Waals surface area (Å²) in [4.78, 5) is 17.3.